The second-order valence-electron chi connectivity index (χ2n) is 5.83. The standard InChI is InChI=1S/C19H29BrO2/c1-2-3-4-5-6-7-8-9-10-11-14-22-19-13-12-18(20)15-17(19)16-21/h12-13,15-16H,2-11,14H2,1H3. The predicted octanol–water partition coefficient (Wildman–Crippen LogP) is 6.56. The van der Waals surface area contributed by atoms with Gasteiger partial charge in [0.05, 0.1) is 12.2 Å². The Morgan fingerprint density at radius 3 is 2.14 bits per heavy atom. The van der Waals surface area contributed by atoms with Gasteiger partial charge in [0.2, 0.25) is 0 Å². The monoisotopic (exact) mass is 368 g/mol. The first-order valence-electron chi connectivity index (χ1n) is 8.65. The molecule has 1 rings (SSSR count). The van der Waals surface area contributed by atoms with E-state index >= 15 is 0 Å². The van der Waals surface area contributed by atoms with Gasteiger partial charge in [-0.2, -0.15) is 0 Å². The van der Waals surface area contributed by atoms with Crippen molar-refractivity contribution in [1.82, 2.24) is 0 Å². The Kier molecular flexibility index (Phi) is 11.1. The molecule has 0 unspecified atom stereocenters. The predicted molar refractivity (Wildman–Crippen MR) is 96.9 cm³/mol. The number of hydrogen-bond acceptors (Lipinski definition) is 2. The van der Waals surface area contributed by atoms with Crippen molar-refractivity contribution in [2.24, 2.45) is 0 Å². The molecule has 0 atom stereocenters. The van der Waals surface area contributed by atoms with Crippen LogP contribution in [-0.2, 0) is 0 Å². The van der Waals surface area contributed by atoms with Gasteiger partial charge in [-0.1, -0.05) is 80.6 Å². The highest BCUT2D eigenvalue weighted by Gasteiger charge is 2.03. The number of unbranched alkanes of at least 4 members (excludes halogenated alkanes) is 9. The number of carbonyl (C=O) groups is 1. The summed E-state index contributed by atoms with van der Waals surface area (Å²) < 4.78 is 6.61. The van der Waals surface area contributed by atoms with Crippen molar-refractivity contribution in [2.45, 2.75) is 71.1 Å². The summed E-state index contributed by atoms with van der Waals surface area (Å²) >= 11 is 3.36. The molecule has 1 aromatic rings. The third kappa shape index (κ3) is 8.57. The van der Waals surface area contributed by atoms with E-state index in [9.17, 15) is 4.79 Å². The van der Waals surface area contributed by atoms with Crippen LogP contribution in [0.1, 0.15) is 81.5 Å². The first-order chi connectivity index (χ1) is 10.8. The van der Waals surface area contributed by atoms with E-state index in [2.05, 4.69) is 22.9 Å². The van der Waals surface area contributed by atoms with Crippen LogP contribution in [-0.4, -0.2) is 12.9 Å². The van der Waals surface area contributed by atoms with E-state index in [1.165, 1.54) is 57.8 Å². The van der Waals surface area contributed by atoms with Crippen LogP contribution < -0.4 is 4.74 Å². The Bertz CT molecular complexity index is 418. The van der Waals surface area contributed by atoms with Crippen LogP contribution in [0.25, 0.3) is 0 Å². The van der Waals surface area contributed by atoms with Crippen molar-refractivity contribution in [2.75, 3.05) is 6.61 Å². The minimum atomic E-state index is 0.612. The number of benzene rings is 1. The lowest BCUT2D eigenvalue weighted by molar-refractivity contribution is 0.111. The zero-order chi connectivity index (χ0) is 16.0. The Labute approximate surface area is 143 Å². The zero-order valence-electron chi connectivity index (χ0n) is 13.8. The van der Waals surface area contributed by atoms with Crippen LogP contribution in [0.3, 0.4) is 0 Å². The second kappa shape index (κ2) is 12.7. The Morgan fingerprint density at radius 1 is 0.955 bits per heavy atom. The molecular formula is C19H29BrO2. The SMILES string of the molecule is CCCCCCCCCCCCOc1ccc(Br)cc1C=O. The van der Waals surface area contributed by atoms with Gasteiger partial charge < -0.3 is 4.74 Å². The molecule has 1 aromatic carbocycles. The molecule has 0 saturated carbocycles. The summed E-state index contributed by atoms with van der Waals surface area (Å²) in [4.78, 5) is 11.0. The molecule has 0 bridgehead atoms. The fourth-order valence-corrected chi connectivity index (χ4v) is 2.89. The van der Waals surface area contributed by atoms with Crippen LogP contribution in [0.2, 0.25) is 0 Å². The topological polar surface area (TPSA) is 26.3 Å². The molecule has 0 radical (unpaired) electrons. The van der Waals surface area contributed by atoms with E-state index in [-0.39, 0.29) is 0 Å². The molecule has 0 heterocycles. The van der Waals surface area contributed by atoms with Crippen molar-refractivity contribution in [1.29, 1.82) is 0 Å². The molecule has 22 heavy (non-hydrogen) atoms. The molecule has 0 N–H and O–H groups in total. The molecule has 0 aliphatic rings. The van der Waals surface area contributed by atoms with E-state index in [1.54, 1.807) is 6.07 Å². The summed E-state index contributed by atoms with van der Waals surface area (Å²) in [7, 11) is 0. The van der Waals surface area contributed by atoms with Gasteiger partial charge in [0, 0.05) is 4.47 Å². The lowest BCUT2D eigenvalue weighted by Crippen LogP contribution is -2.00. The molecule has 0 fully saturated rings. The fraction of sp³-hybridized carbons (Fsp3) is 0.632. The van der Waals surface area contributed by atoms with Gasteiger partial charge in [-0.3, -0.25) is 4.79 Å². The molecule has 0 aliphatic carbocycles. The molecule has 124 valence electrons. The van der Waals surface area contributed by atoms with E-state index in [4.69, 9.17) is 4.74 Å². The smallest absolute Gasteiger partial charge is 0.153 e. The Morgan fingerprint density at radius 2 is 1.55 bits per heavy atom. The highest BCUT2D eigenvalue weighted by atomic mass is 79.9. The first-order valence-corrected chi connectivity index (χ1v) is 9.44. The number of carbonyl (C=O) groups excluding carboxylic acids is 1. The molecular weight excluding hydrogens is 340 g/mol. The summed E-state index contributed by atoms with van der Waals surface area (Å²) in [6, 6.07) is 5.55. The fourth-order valence-electron chi connectivity index (χ4n) is 2.51. The molecule has 0 saturated heterocycles. The highest BCUT2D eigenvalue weighted by molar-refractivity contribution is 9.10. The Balaban J connectivity index is 2.01. The molecule has 0 aliphatic heterocycles. The minimum Gasteiger partial charge on any atom is -0.493 e. The van der Waals surface area contributed by atoms with Gasteiger partial charge in [-0.05, 0) is 24.6 Å². The van der Waals surface area contributed by atoms with E-state index < -0.39 is 0 Å². The van der Waals surface area contributed by atoms with Gasteiger partial charge in [0.15, 0.2) is 6.29 Å². The van der Waals surface area contributed by atoms with Crippen molar-refractivity contribution in [3.63, 3.8) is 0 Å². The quantitative estimate of drug-likeness (QED) is 0.291. The van der Waals surface area contributed by atoms with Crippen molar-refractivity contribution in [3.05, 3.63) is 28.2 Å². The van der Waals surface area contributed by atoms with Crippen molar-refractivity contribution in [3.8, 4) is 5.75 Å². The van der Waals surface area contributed by atoms with Gasteiger partial charge in [0.25, 0.3) is 0 Å². The summed E-state index contributed by atoms with van der Waals surface area (Å²) in [5.41, 5.74) is 0.612. The van der Waals surface area contributed by atoms with Crippen LogP contribution >= 0.6 is 15.9 Å². The third-order valence-corrected chi connectivity index (χ3v) is 4.35. The molecule has 0 spiro atoms. The summed E-state index contributed by atoms with van der Waals surface area (Å²) in [6.45, 7) is 2.95. The number of rotatable bonds is 13. The summed E-state index contributed by atoms with van der Waals surface area (Å²) in [5.74, 6) is 0.689. The minimum absolute atomic E-state index is 0.612. The van der Waals surface area contributed by atoms with Crippen molar-refractivity contribution < 1.29 is 9.53 Å². The van der Waals surface area contributed by atoms with Gasteiger partial charge in [0.1, 0.15) is 5.75 Å². The lowest BCUT2D eigenvalue weighted by Gasteiger charge is -2.08. The van der Waals surface area contributed by atoms with Crippen LogP contribution in [0, 0.1) is 0 Å². The van der Waals surface area contributed by atoms with Crippen molar-refractivity contribution >= 4 is 22.2 Å². The van der Waals surface area contributed by atoms with Crippen LogP contribution in [0.5, 0.6) is 5.75 Å². The molecule has 0 aromatic heterocycles. The number of aldehydes is 1. The van der Waals surface area contributed by atoms with E-state index in [0.717, 1.165) is 17.2 Å². The van der Waals surface area contributed by atoms with E-state index in [0.29, 0.717) is 17.9 Å². The number of ether oxygens (including phenoxy) is 1. The molecule has 3 heteroatoms. The molecule has 2 nitrogen and oxygen atoms in total. The maximum absolute atomic E-state index is 11.0. The normalized spacial score (nSPS) is 10.6. The average molecular weight is 369 g/mol. The highest BCUT2D eigenvalue weighted by Crippen LogP contribution is 2.22. The molecule has 0 amide bonds. The van der Waals surface area contributed by atoms with Crippen LogP contribution in [0.4, 0.5) is 0 Å². The summed E-state index contributed by atoms with van der Waals surface area (Å²) in [5, 5.41) is 0. The number of halogens is 1. The second-order valence-corrected chi connectivity index (χ2v) is 6.75. The van der Waals surface area contributed by atoms with Gasteiger partial charge in [-0.25, -0.2) is 0 Å². The Hall–Kier alpha value is -0.830. The summed E-state index contributed by atoms with van der Waals surface area (Å²) in [6.07, 6.45) is 14.0. The third-order valence-electron chi connectivity index (χ3n) is 3.85. The first kappa shape index (κ1) is 19.2. The number of hydrogen-bond donors (Lipinski definition) is 0. The lowest BCUT2D eigenvalue weighted by atomic mass is 10.1. The average Bonchev–Trinajstić information content (AvgIpc) is 2.53. The van der Waals surface area contributed by atoms with Crippen LogP contribution in [0.15, 0.2) is 22.7 Å². The van der Waals surface area contributed by atoms with Gasteiger partial charge >= 0.3 is 0 Å². The maximum atomic E-state index is 11.0. The van der Waals surface area contributed by atoms with E-state index in [1.807, 2.05) is 12.1 Å². The maximum Gasteiger partial charge on any atom is 0.153 e. The largest absolute Gasteiger partial charge is 0.493 e. The van der Waals surface area contributed by atoms with Gasteiger partial charge in [-0.15, -0.1) is 0 Å². The zero-order valence-corrected chi connectivity index (χ0v) is 15.4.